The number of aliphatic hydroxyl groups excluding tert-OH is 2. The highest BCUT2D eigenvalue weighted by atomic mass is 16.5. The minimum atomic E-state index is -0.840. The minimum Gasteiger partial charge on any atom is -0.466 e. The average molecular weight is 1120 g/mol. The maximum atomic E-state index is 12.4. The first-order chi connectivity index (χ1) is 39.5. The van der Waals surface area contributed by atoms with Crippen LogP contribution in [0.4, 0.5) is 0 Å². The zero-order valence-corrected chi connectivity index (χ0v) is 54.1. The van der Waals surface area contributed by atoms with E-state index in [1.807, 2.05) is 6.08 Å². The summed E-state index contributed by atoms with van der Waals surface area (Å²) in [5.41, 5.74) is 0. The van der Waals surface area contributed by atoms with Crippen LogP contribution in [0.1, 0.15) is 399 Å². The van der Waals surface area contributed by atoms with E-state index < -0.39 is 12.1 Å². The van der Waals surface area contributed by atoms with Gasteiger partial charge in [-0.2, -0.15) is 0 Å². The highest BCUT2D eigenvalue weighted by Crippen LogP contribution is 2.19. The van der Waals surface area contributed by atoms with Gasteiger partial charge < -0.3 is 20.3 Å². The summed E-state index contributed by atoms with van der Waals surface area (Å²) in [7, 11) is 0. The lowest BCUT2D eigenvalue weighted by Crippen LogP contribution is -2.45. The van der Waals surface area contributed by atoms with Crippen LogP contribution in [0.15, 0.2) is 36.5 Å². The molecule has 0 saturated carbocycles. The van der Waals surface area contributed by atoms with Crippen molar-refractivity contribution in [3.8, 4) is 0 Å². The van der Waals surface area contributed by atoms with E-state index in [-0.39, 0.29) is 18.5 Å². The van der Waals surface area contributed by atoms with Gasteiger partial charge >= 0.3 is 5.97 Å². The van der Waals surface area contributed by atoms with Crippen molar-refractivity contribution in [2.24, 2.45) is 0 Å². The zero-order chi connectivity index (χ0) is 57.8. The number of esters is 1. The predicted octanol–water partition coefficient (Wildman–Crippen LogP) is 23.5. The van der Waals surface area contributed by atoms with Crippen molar-refractivity contribution in [3.05, 3.63) is 36.5 Å². The van der Waals surface area contributed by atoms with Crippen LogP contribution in [-0.2, 0) is 14.3 Å². The molecule has 3 N–H and O–H groups in total. The van der Waals surface area contributed by atoms with Gasteiger partial charge in [-0.1, -0.05) is 359 Å². The molecule has 0 aromatic rings. The molecule has 0 spiro atoms. The average Bonchev–Trinajstić information content (AvgIpc) is 3.46. The monoisotopic (exact) mass is 1120 g/mol. The lowest BCUT2D eigenvalue weighted by molar-refractivity contribution is -0.143. The lowest BCUT2D eigenvalue weighted by Gasteiger charge is -2.20. The Bertz CT molecular complexity index is 1300. The Morgan fingerprint density at radius 2 is 0.625 bits per heavy atom. The molecule has 0 saturated heterocycles. The molecule has 2 atom stereocenters. The number of nitrogens with one attached hydrogen (secondary N) is 1. The van der Waals surface area contributed by atoms with Crippen molar-refractivity contribution >= 4 is 11.9 Å². The number of aliphatic hydroxyl groups is 2. The van der Waals surface area contributed by atoms with Gasteiger partial charge in [0.05, 0.1) is 25.4 Å². The van der Waals surface area contributed by atoms with Gasteiger partial charge in [0.2, 0.25) is 5.91 Å². The zero-order valence-electron chi connectivity index (χ0n) is 54.1. The fourth-order valence-corrected chi connectivity index (χ4v) is 11.4. The topological polar surface area (TPSA) is 95.9 Å². The van der Waals surface area contributed by atoms with Gasteiger partial charge in [-0.05, 0) is 64.2 Å². The molecule has 0 aliphatic heterocycles. The van der Waals surface area contributed by atoms with Gasteiger partial charge in [0.25, 0.3) is 0 Å². The summed E-state index contributed by atoms with van der Waals surface area (Å²) in [4.78, 5) is 24.5. The first-order valence-electron chi connectivity index (χ1n) is 36.3. The molecular weight excluding hydrogens is 983 g/mol. The van der Waals surface area contributed by atoms with Crippen LogP contribution in [0.5, 0.6) is 0 Å². The summed E-state index contributed by atoms with van der Waals surface area (Å²) >= 11 is 0. The molecule has 0 heterocycles. The van der Waals surface area contributed by atoms with Gasteiger partial charge in [0.15, 0.2) is 0 Å². The Kier molecular flexibility index (Phi) is 67.9. The molecule has 6 heteroatoms. The molecule has 1 amide bonds. The third-order valence-corrected chi connectivity index (χ3v) is 16.9. The van der Waals surface area contributed by atoms with Crippen molar-refractivity contribution in [1.82, 2.24) is 5.32 Å². The van der Waals surface area contributed by atoms with E-state index in [9.17, 15) is 19.8 Å². The SMILES string of the molecule is CCCCCCCCCC/C=C/C(O)C(CO)NC(=O)CCCCCCCCCCCCCCCCCCC/C=C\C/C=C\CCCCCCCCCCCCCCCOC(=O)CCCCCCCCCCCCCCCCCC. The van der Waals surface area contributed by atoms with Gasteiger partial charge in [-0.25, -0.2) is 0 Å². The number of hydrogen-bond acceptors (Lipinski definition) is 5. The maximum absolute atomic E-state index is 12.4. The third kappa shape index (κ3) is 65.2. The van der Waals surface area contributed by atoms with Gasteiger partial charge in [-0.3, -0.25) is 9.59 Å². The second-order valence-corrected chi connectivity index (χ2v) is 24.9. The molecule has 472 valence electrons. The summed E-state index contributed by atoms with van der Waals surface area (Å²) in [6.07, 6.45) is 89.7. The molecule has 0 aromatic carbocycles. The predicted molar refractivity (Wildman–Crippen MR) is 352 cm³/mol. The van der Waals surface area contributed by atoms with Crippen LogP contribution in [0.25, 0.3) is 0 Å². The van der Waals surface area contributed by atoms with Crippen LogP contribution in [0, 0.1) is 0 Å². The van der Waals surface area contributed by atoms with E-state index >= 15 is 0 Å². The molecule has 0 bridgehead atoms. The van der Waals surface area contributed by atoms with Crippen molar-refractivity contribution < 1.29 is 24.5 Å². The van der Waals surface area contributed by atoms with E-state index in [4.69, 9.17) is 4.74 Å². The Hall–Kier alpha value is -1.92. The van der Waals surface area contributed by atoms with Crippen molar-refractivity contribution in [3.63, 3.8) is 0 Å². The minimum absolute atomic E-state index is 0.0224. The van der Waals surface area contributed by atoms with Crippen molar-refractivity contribution in [1.29, 1.82) is 0 Å². The molecule has 0 rings (SSSR count). The highest BCUT2D eigenvalue weighted by molar-refractivity contribution is 5.76. The van der Waals surface area contributed by atoms with Crippen LogP contribution in [-0.4, -0.2) is 47.4 Å². The molecule has 0 aromatic heterocycles. The van der Waals surface area contributed by atoms with E-state index in [1.54, 1.807) is 6.08 Å². The summed E-state index contributed by atoms with van der Waals surface area (Å²) in [6, 6.07) is -0.624. The maximum Gasteiger partial charge on any atom is 0.305 e. The van der Waals surface area contributed by atoms with E-state index in [0.29, 0.717) is 19.4 Å². The van der Waals surface area contributed by atoms with Crippen molar-refractivity contribution in [2.75, 3.05) is 13.2 Å². The van der Waals surface area contributed by atoms with Crippen LogP contribution in [0.2, 0.25) is 0 Å². The number of allylic oxidation sites excluding steroid dienone is 5. The Labute approximate surface area is 500 Å². The molecule has 6 nitrogen and oxygen atoms in total. The molecule has 2 unspecified atom stereocenters. The van der Waals surface area contributed by atoms with Crippen LogP contribution < -0.4 is 5.32 Å². The van der Waals surface area contributed by atoms with Gasteiger partial charge in [0.1, 0.15) is 0 Å². The number of carbonyl (C=O) groups excluding carboxylic acids is 2. The van der Waals surface area contributed by atoms with Crippen LogP contribution >= 0.6 is 0 Å². The summed E-state index contributed by atoms with van der Waals surface area (Å²) < 4.78 is 5.50. The normalized spacial score (nSPS) is 12.7. The first-order valence-corrected chi connectivity index (χ1v) is 36.3. The standard InChI is InChI=1S/C74H141NO5/c1-3-5-7-9-11-13-15-16-17-42-45-48-52-56-60-64-68-74(79)80-69-65-61-57-53-49-46-43-40-38-36-34-32-30-28-26-24-22-20-18-19-21-23-25-27-29-31-33-35-37-39-41-44-47-51-55-59-63-67-73(78)75-71(70-76)72(77)66-62-58-54-50-14-12-10-8-6-4-2/h18,20,24,26,62,66,71-72,76-77H,3-17,19,21-23,25,27-61,63-65,67-70H2,1-2H3,(H,75,78)/b20-18-,26-24-,66-62+. The summed E-state index contributed by atoms with van der Waals surface area (Å²) in [6.45, 7) is 4.92. The number of amides is 1. The molecule has 80 heavy (non-hydrogen) atoms. The Morgan fingerprint density at radius 1 is 0.350 bits per heavy atom. The number of carbonyl (C=O) groups is 2. The number of rotatable bonds is 68. The molecular formula is C74H141NO5. The Morgan fingerprint density at radius 3 is 0.950 bits per heavy atom. The van der Waals surface area contributed by atoms with Gasteiger partial charge in [-0.15, -0.1) is 0 Å². The third-order valence-electron chi connectivity index (χ3n) is 16.9. The second-order valence-electron chi connectivity index (χ2n) is 24.9. The smallest absolute Gasteiger partial charge is 0.305 e. The molecule has 0 fully saturated rings. The molecule has 0 aliphatic carbocycles. The lowest BCUT2D eigenvalue weighted by atomic mass is 10.0. The second kappa shape index (κ2) is 69.6. The number of hydrogen-bond donors (Lipinski definition) is 3. The quantitative estimate of drug-likeness (QED) is 0.0320. The summed E-state index contributed by atoms with van der Waals surface area (Å²) in [5.74, 6) is -0.0434. The number of unbranched alkanes of at least 4 members (excludes halogenated alkanes) is 53. The van der Waals surface area contributed by atoms with Crippen LogP contribution in [0.3, 0.4) is 0 Å². The van der Waals surface area contributed by atoms with E-state index in [0.717, 1.165) is 44.9 Å². The fraction of sp³-hybridized carbons (Fsp3) is 0.892. The molecule has 0 radical (unpaired) electrons. The number of ether oxygens (including phenoxy) is 1. The largest absolute Gasteiger partial charge is 0.466 e. The summed E-state index contributed by atoms with van der Waals surface area (Å²) in [5, 5.41) is 23.0. The van der Waals surface area contributed by atoms with Crippen molar-refractivity contribution in [2.45, 2.75) is 411 Å². The first kappa shape index (κ1) is 78.1. The van der Waals surface area contributed by atoms with E-state index in [2.05, 4.69) is 43.5 Å². The fourth-order valence-electron chi connectivity index (χ4n) is 11.4. The molecule has 0 aliphatic rings. The van der Waals surface area contributed by atoms with Gasteiger partial charge in [0, 0.05) is 12.8 Å². The Balaban J connectivity index is 3.34. The van der Waals surface area contributed by atoms with E-state index in [1.165, 1.54) is 327 Å². The highest BCUT2D eigenvalue weighted by Gasteiger charge is 2.18.